The van der Waals surface area contributed by atoms with E-state index in [2.05, 4.69) is 0 Å². The molecular weight excluding hydrogens is 265 g/mol. The second-order valence-electron chi connectivity index (χ2n) is 3.86. The van der Waals surface area contributed by atoms with Gasteiger partial charge in [-0.3, -0.25) is 4.79 Å². The van der Waals surface area contributed by atoms with Gasteiger partial charge in [0.05, 0.1) is 10.6 Å². The van der Waals surface area contributed by atoms with Crippen LogP contribution in [0.2, 0.25) is 5.02 Å². The number of aliphatic carboxylic acids is 1. The normalized spacial score (nSPS) is 14.6. The SMILES string of the molecule is NC(CCC(=O)O)c1c(F)c(Cl)cc2c1OCO2. The highest BCUT2D eigenvalue weighted by molar-refractivity contribution is 6.31. The first kappa shape index (κ1) is 12.9. The van der Waals surface area contributed by atoms with E-state index >= 15 is 0 Å². The fourth-order valence-electron chi connectivity index (χ4n) is 1.77. The van der Waals surface area contributed by atoms with E-state index in [0.29, 0.717) is 5.75 Å². The molecule has 0 bridgehead atoms. The van der Waals surface area contributed by atoms with Crippen LogP contribution in [0, 0.1) is 5.82 Å². The molecule has 3 N–H and O–H groups in total. The van der Waals surface area contributed by atoms with Crippen LogP contribution in [0.3, 0.4) is 0 Å². The minimum atomic E-state index is -0.998. The molecule has 0 amide bonds. The molecule has 1 heterocycles. The maximum atomic E-state index is 13.9. The molecule has 0 saturated carbocycles. The van der Waals surface area contributed by atoms with Crippen molar-refractivity contribution in [2.24, 2.45) is 5.73 Å². The smallest absolute Gasteiger partial charge is 0.303 e. The van der Waals surface area contributed by atoms with Gasteiger partial charge in [0, 0.05) is 18.5 Å². The number of hydrogen-bond donors (Lipinski definition) is 2. The van der Waals surface area contributed by atoms with Gasteiger partial charge in [-0.2, -0.15) is 0 Å². The molecule has 0 saturated heterocycles. The van der Waals surface area contributed by atoms with E-state index in [4.69, 9.17) is 31.9 Å². The third-order valence-corrected chi connectivity index (χ3v) is 2.91. The average molecular weight is 276 g/mol. The van der Waals surface area contributed by atoms with E-state index in [1.54, 1.807) is 0 Å². The molecule has 0 spiro atoms. The molecule has 18 heavy (non-hydrogen) atoms. The van der Waals surface area contributed by atoms with Crippen LogP contribution in [0.4, 0.5) is 4.39 Å². The lowest BCUT2D eigenvalue weighted by molar-refractivity contribution is -0.137. The summed E-state index contributed by atoms with van der Waals surface area (Å²) in [6.07, 6.45) is -0.0782. The van der Waals surface area contributed by atoms with E-state index < -0.39 is 17.8 Å². The summed E-state index contributed by atoms with van der Waals surface area (Å²) in [7, 11) is 0. The minimum absolute atomic E-state index is 0.0340. The lowest BCUT2D eigenvalue weighted by atomic mass is 10.0. The molecule has 1 atom stereocenters. The molecule has 1 aliphatic rings. The number of nitrogens with two attached hydrogens (primary N) is 1. The molecule has 0 aliphatic carbocycles. The van der Waals surface area contributed by atoms with Crippen molar-refractivity contribution >= 4 is 17.6 Å². The van der Waals surface area contributed by atoms with Crippen LogP contribution in [0.15, 0.2) is 6.07 Å². The second kappa shape index (κ2) is 4.99. The first-order valence-electron chi connectivity index (χ1n) is 5.25. The van der Waals surface area contributed by atoms with Gasteiger partial charge in [-0.1, -0.05) is 11.6 Å². The molecule has 5 nitrogen and oxygen atoms in total. The summed E-state index contributed by atoms with van der Waals surface area (Å²) < 4.78 is 24.2. The standard InChI is InChI=1S/C11H11ClFNO4/c12-5-3-7-11(18-4-17-7)9(10(5)13)6(14)1-2-8(15)16/h3,6H,1-2,4,14H2,(H,15,16). The van der Waals surface area contributed by atoms with E-state index in [-0.39, 0.29) is 36.0 Å². The number of rotatable bonds is 4. The van der Waals surface area contributed by atoms with Crippen molar-refractivity contribution in [3.8, 4) is 11.5 Å². The summed E-state index contributed by atoms with van der Waals surface area (Å²) in [5.41, 5.74) is 5.85. The van der Waals surface area contributed by atoms with Gasteiger partial charge in [0.1, 0.15) is 0 Å². The zero-order valence-electron chi connectivity index (χ0n) is 9.28. The average Bonchev–Trinajstić information content (AvgIpc) is 2.74. The minimum Gasteiger partial charge on any atom is -0.481 e. The molecule has 1 aromatic rings. The zero-order chi connectivity index (χ0) is 13.3. The van der Waals surface area contributed by atoms with Crippen molar-refractivity contribution in [3.63, 3.8) is 0 Å². The van der Waals surface area contributed by atoms with Crippen LogP contribution < -0.4 is 15.2 Å². The molecule has 0 fully saturated rings. The third kappa shape index (κ3) is 2.34. The molecule has 7 heteroatoms. The largest absolute Gasteiger partial charge is 0.481 e. The highest BCUT2D eigenvalue weighted by atomic mass is 35.5. The number of carboxylic acids is 1. The molecule has 1 aromatic carbocycles. The van der Waals surface area contributed by atoms with Gasteiger partial charge in [-0.15, -0.1) is 0 Å². The number of hydrogen-bond acceptors (Lipinski definition) is 4. The third-order valence-electron chi connectivity index (χ3n) is 2.63. The fraction of sp³-hybridized carbons (Fsp3) is 0.364. The van der Waals surface area contributed by atoms with Crippen molar-refractivity contribution in [3.05, 3.63) is 22.5 Å². The quantitative estimate of drug-likeness (QED) is 0.879. The zero-order valence-corrected chi connectivity index (χ0v) is 10.0. The van der Waals surface area contributed by atoms with Crippen molar-refractivity contribution in [1.29, 1.82) is 0 Å². The van der Waals surface area contributed by atoms with E-state index in [0.717, 1.165) is 0 Å². The van der Waals surface area contributed by atoms with Crippen LogP contribution in [0.1, 0.15) is 24.4 Å². The Morgan fingerprint density at radius 2 is 2.33 bits per heavy atom. The number of ether oxygens (including phenoxy) is 2. The van der Waals surface area contributed by atoms with E-state index in [1.165, 1.54) is 6.07 Å². The number of fused-ring (bicyclic) bond motifs is 1. The Hall–Kier alpha value is -1.53. The summed E-state index contributed by atoms with van der Waals surface area (Å²) in [6.45, 7) is -0.0340. The Labute approximate surface area is 107 Å². The highest BCUT2D eigenvalue weighted by Crippen LogP contribution is 2.43. The lowest BCUT2D eigenvalue weighted by Gasteiger charge is -2.15. The van der Waals surface area contributed by atoms with Gasteiger partial charge < -0.3 is 20.3 Å². The van der Waals surface area contributed by atoms with E-state index in [9.17, 15) is 9.18 Å². The van der Waals surface area contributed by atoms with Crippen LogP contribution >= 0.6 is 11.6 Å². The maximum Gasteiger partial charge on any atom is 0.303 e. The summed E-state index contributed by atoms with van der Waals surface area (Å²) in [4.78, 5) is 10.5. The van der Waals surface area contributed by atoms with Gasteiger partial charge in [-0.05, 0) is 6.42 Å². The molecular formula is C11H11ClFNO4. The number of carboxylic acid groups (broad SMARTS) is 1. The van der Waals surface area contributed by atoms with Gasteiger partial charge in [0.25, 0.3) is 0 Å². The number of halogens is 2. The molecule has 0 radical (unpaired) electrons. The molecule has 2 rings (SSSR count). The Balaban J connectivity index is 2.34. The fourth-order valence-corrected chi connectivity index (χ4v) is 1.97. The number of benzene rings is 1. The van der Waals surface area contributed by atoms with Crippen molar-refractivity contribution < 1.29 is 23.8 Å². The summed E-state index contributed by atoms with van der Waals surface area (Å²) >= 11 is 5.72. The second-order valence-corrected chi connectivity index (χ2v) is 4.27. The van der Waals surface area contributed by atoms with Gasteiger partial charge in [-0.25, -0.2) is 4.39 Å². The highest BCUT2D eigenvalue weighted by Gasteiger charge is 2.27. The van der Waals surface area contributed by atoms with Crippen LogP contribution in [-0.2, 0) is 4.79 Å². The topological polar surface area (TPSA) is 81.8 Å². The molecule has 1 unspecified atom stereocenters. The summed E-state index contributed by atoms with van der Waals surface area (Å²) in [5, 5.41) is 8.47. The first-order chi connectivity index (χ1) is 8.50. The predicted molar refractivity (Wildman–Crippen MR) is 61.3 cm³/mol. The van der Waals surface area contributed by atoms with Crippen molar-refractivity contribution in [1.82, 2.24) is 0 Å². The van der Waals surface area contributed by atoms with Gasteiger partial charge in [0.2, 0.25) is 6.79 Å². The van der Waals surface area contributed by atoms with Crippen LogP contribution in [0.25, 0.3) is 0 Å². The molecule has 0 aromatic heterocycles. The molecule has 1 aliphatic heterocycles. The van der Waals surface area contributed by atoms with Crippen molar-refractivity contribution in [2.45, 2.75) is 18.9 Å². The van der Waals surface area contributed by atoms with Crippen molar-refractivity contribution in [2.75, 3.05) is 6.79 Å². The van der Waals surface area contributed by atoms with Gasteiger partial charge >= 0.3 is 5.97 Å². The Morgan fingerprint density at radius 3 is 3.00 bits per heavy atom. The summed E-state index contributed by atoms with van der Waals surface area (Å²) in [6, 6.07) is 0.502. The van der Waals surface area contributed by atoms with E-state index in [1.807, 2.05) is 0 Å². The first-order valence-corrected chi connectivity index (χ1v) is 5.63. The van der Waals surface area contributed by atoms with Crippen LogP contribution in [-0.4, -0.2) is 17.9 Å². The van der Waals surface area contributed by atoms with Crippen LogP contribution in [0.5, 0.6) is 11.5 Å². The predicted octanol–water partition coefficient (Wildman–Crippen LogP) is 2.07. The maximum absolute atomic E-state index is 13.9. The Kier molecular flexibility index (Phi) is 3.58. The lowest BCUT2D eigenvalue weighted by Crippen LogP contribution is -2.15. The molecule has 98 valence electrons. The number of carbonyl (C=O) groups is 1. The Morgan fingerprint density at radius 1 is 1.61 bits per heavy atom. The monoisotopic (exact) mass is 275 g/mol. The van der Waals surface area contributed by atoms with Gasteiger partial charge in [0.15, 0.2) is 17.3 Å². The summed E-state index contributed by atoms with van der Waals surface area (Å²) in [5.74, 6) is -1.17. The Bertz CT molecular complexity index is 494.